The van der Waals surface area contributed by atoms with Crippen LogP contribution in [0.3, 0.4) is 0 Å². The van der Waals surface area contributed by atoms with E-state index in [1.807, 2.05) is 66.4 Å². The van der Waals surface area contributed by atoms with Crippen molar-refractivity contribution in [3.05, 3.63) is 89.9 Å². The molecular weight excluding hydrogens is 400 g/mol. The van der Waals surface area contributed by atoms with E-state index in [-0.39, 0.29) is 12.0 Å². The van der Waals surface area contributed by atoms with Crippen molar-refractivity contribution < 1.29 is 9.53 Å². The number of carbonyl (C=O) groups excluding carboxylic acids is 1. The number of amides is 1. The maximum atomic E-state index is 13.0. The van der Waals surface area contributed by atoms with Crippen LogP contribution in [0.4, 0.5) is 0 Å². The van der Waals surface area contributed by atoms with E-state index in [2.05, 4.69) is 9.97 Å². The Labute approximate surface area is 187 Å². The van der Waals surface area contributed by atoms with Gasteiger partial charge in [0, 0.05) is 31.3 Å². The highest BCUT2D eigenvalue weighted by atomic mass is 16.5. The van der Waals surface area contributed by atoms with E-state index in [0.717, 1.165) is 35.3 Å². The third-order valence-electron chi connectivity index (χ3n) is 6.13. The zero-order valence-electron chi connectivity index (χ0n) is 18.1. The van der Waals surface area contributed by atoms with Crippen LogP contribution in [0.2, 0.25) is 0 Å². The number of nitrogens with zero attached hydrogens (tertiary/aromatic N) is 3. The van der Waals surface area contributed by atoms with Crippen LogP contribution in [0.15, 0.2) is 72.9 Å². The molecule has 3 heterocycles. The van der Waals surface area contributed by atoms with E-state index in [0.29, 0.717) is 30.5 Å². The third kappa shape index (κ3) is 4.21. The van der Waals surface area contributed by atoms with Crippen molar-refractivity contribution >= 4 is 16.9 Å². The number of hydrogen-bond acceptors (Lipinski definition) is 4. The summed E-state index contributed by atoms with van der Waals surface area (Å²) >= 11 is 0. The first-order chi connectivity index (χ1) is 15.7. The zero-order chi connectivity index (χ0) is 21.9. The van der Waals surface area contributed by atoms with Gasteiger partial charge in [-0.05, 0) is 43.5 Å². The van der Waals surface area contributed by atoms with Crippen LogP contribution >= 0.6 is 0 Å². The quantitative estimate of drug-likeness (QED) is 0.481. The zero-order valence-corrected chi connectivity index (χ0v) is 18.1. The molecule has 6 heteroatoms. The number of aromatic amines is 1. The van der Waals surface area contributed by atoms with Gasteiger partial charge in [-0.3, -0.25) is 4.79 Å². The second kappa shape index (κ2) is 8.83. The van der Waals surface area contributed by atoms with Crippen molar-refractivity contribution in [1.29, 1.82) is 0 Å². The number of imidazole rings is 1. The fraction of sp³-hybridized carbons (Fsp3) is 0.269. The van der Waals surface area contributed by atoms with Gasteiger partial charge in [0.1, 0.15) is 11.9 Å². The Balaban J connectivity index is 1.19. The summed E-state index contributed by atoms with van der Waals surface area (Å²) in [5.74, 6) is 1.90. The lowest BCUT2D eigenvalue weighted by atomic mass is 9.96. The first-order valence-electron chi connectivity index (χ1n) is 11.1. The van der Waals surface area contributed by atoms with E-state index in [9.17, 15) is 4.79 Å². The van der Waals surface area contributed by atoms with Crippen molar-refractivity contribution in [2.75, 3.05) is 13.1 Å². The summed E-state index contributed by atoms with van der Waals surface area (Å²) in [6.07, 6.45) is 3.30. The van der Waals surface area contributed by atoms with E-state index >= 15 is 0 Å². The van der Waals surface area contributed by atoms with E-state index in [4.69, 9.17) is 9.72 Å². The molecule has 0 spiro atoms. The number of nitrogens with one attached hydrogen (secondary N) is 1. The first-order valence-corrected chi connectivity index (χ1v) is 11.1. The van der Waals surface area contributed by atoms with Gasteiger partial charge >= 0.3 is 0 Å². The van der Waals surface area contributed by atoms with E-state index < -0.39 is 0 Å². The minimum atomic E-state index is -0.109. The molecule has 2 aromatic heterocycles. The number of pyridine rings is 1. The van der Waals surface area contributed by atoms with E-state index in [1.165, 1.54) is 0 Å². The largest absolute Gasteiger partial charge is 0.470 e. The molecule has 1 saturated heterocycles. The van der Waals surface area contributed by atoms with Gasteiger partial charge in [0.15, 0.2) is 0 Å². The monoisotopic (exact) mass is 426 g/mol. The summed E-state index contributed by atoms with van der Waals surface area (Å²) in [6.45, 7) is 3.41. The van der Waals surface area contributed by atoms with Gasteiger partial charge in [-0.15, -0.1) is 0 Å². The maximum absolute atomic E-state index is 13.0. The van der Waals surface area contributed by atoms with Crippen LogP contribution in [-0.2, 0) is 0 Å². The molecule has 0 unspecified atom stereocenters. The number of carbonyl (C=O) groups is 1. The molecular formula is C26H26N4O2. The molecule has 2 aromatic carbocycles. The standard InChI is InChI=1S/C26H26N4O2/c1-18(19-7-3-2-4-8-19)32-24-12-11-21(17-27-24)26(31)30-15-13-20(14-16-30)25-28-22-9-5-6-10-23(22)29-25/h2-12,17-18,20H,13-16H2,1H3,(H,28,29)/t18-/m0/s1. The van der Waals surface area contributed by atoms with Gasteiger partial charge < -0.3 is 14.6 Å². The molecule has 0 aliphatic carbocycles. The first kappa shape index (κ1) is 20.2. The number of piperidine rings is 1. The Hall–Kier alpha value is -3.67. The molecule has 4 aromatic rings. The number of fused-ring (bicyclic) bond motifs is 1. The fourth-order valence-corrected chi connectivity index (χ4v) is 4.25. The van der Waals surface area contributed by atoms with Crippen molar-refractivity contribution in [1.82, 2.24) is 19.9 Å². The summed E-state index contributed by atoms with van der Waals surface area (Å²) in [5, 5.41) is 0. The third-order valence-corrected chi connectivity index (χ3v) is 6.13. The predicted octanol–water partition coefficient (Wildman–Crippen LogP) is 5.12. The molecule has 1 fully saturated rings. The van der Waals surface area contributed by atoms with Gasteiger partial charge in [0.2, 0.25) is 5.88 Å². The summed E-state index contributed by atoms with van der Waals surface area (Å²) in [4.78, 5) is 27.4. The van der Waals surface area contributed by atoms with Crippen LogP contribution in [0.1, 0.15) is 53.5 Å². The number of likely N-dealkylation sites (tertiary alicyclic amines) is 1. The van der Waals surface area contributed by atoms with Gasteiger partial charge in [-0.2, -0.15) is 0 Å². The Morgan fingerprint density at radius 3 is 2.50 bits per heavy atom. The smallest absolute Gasteiger partial charge is 0.255 e. The minimum Gasteiger partial charge on any atom is -0.470 e. The second-order valence-corrected chi connectivity index (χ2v) is 8.26. The van der Waals surface area contributed by atoms with Crippen molar-refractivity contribution in [3.63, 3.8) is 0 Å². The number of benzene rings is 2. The maximum Gasteiger partial charge on any atom is 0.255 e. The van der Waals surface area contributed by atoms with Gasteiger partial charge in [-0.25, -0.2) is 9.97 Å². The highest BCUT2D eigenvalue weighted by molar-refractivity contribution is 5.94. The van der Waals surface area contributed by atoms with Gasteiger partial charge in [-0.1, -0.05) is 42.5 Å². The van der Waals surface area contributed by atoms with Crippen LogP contribution in [-0.4, -0.2) is 38.8 Å². The molecule has 162 valence electrons. The SMILES string of the molecule is C[C@H](Oc1ccc(C(=O)N2CCC(c3nc4ccccc4[nH]3)CC2)cn1)c1ccccc1. The molecule has 0 saturated carbocycles. The highest BCUT2D eigenvalue weighted by Crippen LogP contribution is 2.28. The molecule has 1 atom stereocenters. The van der Waals surface area contributed by atoms with Crippen LogP contribution < -0.4 is 4.74 Å². The Bertz CT molecular complexity index is 1160. The predicted molar refractivity (Wildman–Crippen MR) is 124 cm³/mol. The number of rotatable bonds is 5. The molecule has 1 amide bonds. The Morgan fingerprint density at radius 1 is 1.03 bits per heavy atom. The number of H-pyrrole nitrogens is 1. The lowest BCUT2D eigenvalue weighted by molar-refractivity contribution is 0.0710. The number of hydrogen-bond donors (Lipinski definition) is 1. The summed E-state index contributed by atoms with van der Waals surface area (Å²) < 4.78 is 5.92. The fourth-order valence-electron chi connectivity index (χ4n) is 4.25. The van der Waals surface area contributed by atoms with E-state index in [1.54, 1.807) is 18.3 Å². The van der Waals surface area contributed by atoms with Crippen molar-refractivity contribution in [3.8, 4) is 5.88 Å². The van der Waals surface area contributed by atoms with Crippen LogP contribution in [0.25, 0.3) is 11.0 Å². The van der Waals surface area contributed by atoms with Gasteiger partial charge in [0.05, 0.1) is 16.6 Å². The highest BCUT2D eigenvalue weighted by Gasteiger charge is 2.26. The number of para-hydroxylation sites is 2. The lowest BCUT2D eigenvalue weighted by Gasteiger charge is -2.31. The molecule has 1 aliphatic rings. The average molecular weight is 427 g/mol. The molecule has 0 radical (unpaired) electrons. The Morgan fingerprint density at radius 2 is 1.78 bits per heavy atom. The topological polar surface area (TPSA) is 71.1 Å². The molecule has 6 nitrogen and oxygen atoms in total. The molecule has 5 rings (SSSR count). The van der Waals surface area contributed by atoms with Crippen LogP contribution in [0.5, 0.6) is 5.88 Å². The van der Waals surface area contributed by atoms with Crippen molar-refractivity contribution in [2.24, 2.45) is 0 Å². The number of ether oxygens (including phenoxy) is 1. The second-order valence-electron chi connectivity index (χ2n) is 8.26. The number of aromatic nitrogens is 3. The van der Waals surface area contributed by atoms with Crippen molar-refractivity contribution in [2.45, 2.75) is 31.8 Å². The van der Waals surface area contributed by atoms with Crippen LogP contribution in [0, 0.1) is 0 Å². The molecule has 1 N–H and O–H groups in total. The summed E-state index contributed by atoms with van der Waals surface area (Å²) in [6, 6.07) is 21.7. The summed E-state index contributed by atoms with van der Waals surface area (Å²) in [5.41, 5.74) is 3.74. The minimum absolute atomic E-state index is 0.0169. The normalized spacial score (nSPS) is 15.6. The molecule has 0 bridgehead atoms. The summed E-state index contributed by atoms with van der Waals surface area (Å²) in [7, 11) is 0. The molecule has 1 aliphatic heterocycles. The average Bonchev–Trinajstić information content (AvgIpc) is 3.29. The molecule has 32 heavy (non-hydrogen) atoms. The lowest BCUT2D eigenvalue weighted by Crippen LogP contribution is -2.38. The van der Waals surface area contributed by atoms with Gasteiger partial charge in [0.25, 0.3) is 5.91 Å². The Kier molecular flexibility index (Phi) is 5.58.